The van der Waals surface area contributed by atoms with Crippen molar-refractivity contribution in [3.8, 4) is 0 Å². The van der Waals surface area contributed by atoms with Crippen LogP contribution >= 0.6 is 0 Å². The van der Waals surface area contributed by atoms with E-state index in [1.165, 1.54) is 36.0 Å². The van der Waals surface area contributed by atoms with E-state index in [0.29, 0.717) is 0 Å². The number of hydrogen-bond donors (Lipinski definition) is 3. The van der Waals surface area contributed by atoms with Crippen molar-refractivity contribution in [2.75, 3.05) is 0 Å². The first-order valence-corrected chi connectivity index (χ1v) is 14.6. The molecule has 3 nitrogen and oxygen atoms in total. The van der Waals surface area contributed by atoms with E-state index in [1.54, 1.807) is 0 Å². The first-order chi connectivity index (χ1) is 16.4. The van der Waals surface area contributed by atoms with E-state index in [-0.39, 0.29) is 34.6 Å². The van der Waals surface area contributed by atoms with Crippen LogP contribution in [0.25, 0.3) is 0 Å². The summed E-state index contributed by atoms with van der Waals surface area (Å²) in [4.78, 5) is 0. The minimum atomic E-state index is -0.0765. The fourth-order valence-corrected chi connectivity index (χ4v) is 5.44. The summed E-state index contributed by atoms with van der Waals surface area (Å²) in [6.07, 6.45) is 19.4. The molecule has 3 N–H and O–H groups in total. The fraction of sp³-hybridized carbons (Fsp3) is 0.818. The SMILES string of the molecule is CC(C)(C)C=C1CCCC(O)C1.CC(C)(C)C=C1CCCC(O)C1.CC(C)(C)C=C1CCCC(O)C1. The van der Waals surface area contributed by atoms with Gasteiger partial charge in [0.25, 0.3) is 0 Å². The Labute approximate surface area is 224 Å². The summed E-state index contributed by atoms with van der Waals surface area (Å²) in [5.74, 6) is 0. The van der Waals surface area contributed by atoms with Gasteiger partial charge in [0, 0.05) is 0 Å². The zero-order chi connectivity index (χ0) is 27.6. The number of aliphatic hydroxyl groups is 3. The molecule has 0 heterocycles. The van der Waals surface area contributed by atoms with Gasteiger partial charge in [-0.15, -0.1) is 0 Å². The molecule has 3 atom stereocenters. The van der Waals surface area contributed by atoms with Crippen LogP contribution in [-0.2, 0) is 0 Å². The van der Waals surface area contributed by atoms with E-state index in [9.17, 15) is 15.3 Å². The molecule has 0 radical (unpaired) electrons. The topological polar surface area (TPSA) is 60.7 Å². The minimum absolute atomic E-state index is 0.0765. The molecule has 3 saturated carbocycles. The largest absolute Gasteiger partial charge is 0.393 e. The van der Waals surface area contributed by atoms with Crippen molar-refractivity contribution < 1.29 is 15.3 Å². The van der Waals surface area contributed by atoms with Crippen molar-refractivity contribution in [2.45, 2.75) is 158 Å². The van der Waals surface area contributed by atoms with E-state index < -0.39 is 0 Å². The molecular formula is C33H60O3. The average molecular weight is 505 g/mol. The number of aliphatic hydroxyl groups excluding tert-OH is 3. The fourth-order valence-electron chi connectivity index (χ4n) is 5.44. The summed E-state index contributed by atoms with van der Waals surface area (Å²) in [5, 5.41) is 28.3. The highest BCUT2D eigenvalue weighted by molar-refractivity contribution is 5.11. The standard InChI is InChI=1S/3C11H20O/c3*1-11(2,3)8-9-5-4-6-10(12)7-9/h3*8,10,12H,4-7H2,1-3H3. The second kappa shape index (κ2) is 14.9. The van der Waals surface area contributed by atoms with E-state index in [0.717, 1.165) is 57.8 Å². The van der Waals surface area contributed by atoms with Gasteiger partial charge in [-0.3, -0.25) is 0 Å². The van der Waals surface area contributed by atoms with Gasteiger partial charge >= 0.3 is 0 Å². The molecule has 0 saturated heterocycles. The summed E-state index contributed by atoms with van der Waals surface area (Å²) in [6, 6.07) is 0. The zero-order valence-corrected chi connectivity index (χ0v) is 25.3. The molecule has 36 heavy (non-hydrogen) atoms. The number of allylic oxidation sites excluding steroid dienone is 3. The van der Waals surface area contributed by atoms with Gasteiger partial charge in [0.15, 0.2) is 0 Å². The molecule has 3 fully saturated rings. The predicted molar refractivity (Wildman–Crippen MR) is 156 cm³/mol. The molecular weight excluding hydrogens is 444 g/mol. The lowest BCUT2D eigenvalue weighted by Crippen LogP contribution is -2.14. The summed E-state index contributed by atoms with van der Waals surface area (Å²) < 4.78 is 0. The Balaban J connectivity index is 0.000000270. The quantitative estimate of drug-likeness (QED) is 0.289. The number of rotatable bonds is 0. The lowest BCUT2D eigenvalue weighted by Gasteiger charge is -2.23. The second-order valence-corrected chi connectivity index (χ2v) is 14.8. The average Bonchev–Trinajstić information content (AvgIpc) is 2.65. The predicted octanol–water partition coefficient (Wildman–Crippen LogP) is 8.68. The highest BCUT2D eigenvalue weighted by Gasteiger charge is 2.18. The summed E-state index contributed by atoms with van der Waals surface area (Å²) in [6.45, 7) is 19.9. The van der Waals surface area contributed by atoms with Crippen molar-refractivity contribution in [3.05, 3.63) is 34.9 Å². The molecule has 0 aromatic rings. The molecule has 0 aromatic heterocycles. The van der Waals surface area contributed by atoms with Gasteiger partial charge in [-0.1, -0.05) is 97.3 Å². The van der Waals surface area contributed by atoms with Crippen LogP contribution in [0.1, 0.15) is 139 Å². The third-order valence-corrected chi connectivity index (χ3v) is 6.51. The first kappa shape index (κ1) is 33.1. The van der Waals surface area contributed by atoms with E-state index in [2.05, 4.69) is 80.5 Å². The lowest BCUT2D eigenvalue weighted by molar-refractivity contribution is 0.148. The maximum absolute atomic E-state index is 9.44. The van der Waals surface area contributed by atoms with Crippen LogP contribution in [0.2, 0.25) is 0 Å². The molecule has 0 spiro atoms. The molecule has 0 aliphatic heterocycles. The van der Waals surface area contributed by atoms with Crippen LogP contribution in [0.15, 0.2) is 34.9 Å². The Morgan fingerprint density at radius 1 is 0.472 bits per heavy atom. The van der Waals surface area contributed by atoms with Gasteiger partial charge in [0.1, 0.15) is 0 Å². The molecule has 3 rings (SSSR count). The minimum Gasteiger partial charge on any atom is -0.393 e. The second-order valence-electron chi connectivity index (χ2n) is 14.8. The Morgan fingerprint density at radius 2 is 0.694 bits per heavy atom. The molecule has 3 aliphatic rings. The molecule has 3 aliphatic carbocycles. The van der Waals surface area contributed by atoms with Crippen molar-refractivity contribution in [1.82, 2.24) is 0 Å². The van der Waals surface area contributed by atoms with Crippen LogP contribution < -0.4 is 0 Å². The molecule has 210 valence electrons. The molecule has 0 amide bonds. The Morgan fingerprint density at radius 3 is 0.861 bits per heavy atom. The van der Waals surface area contributed by atoms with Gasteiger partial charge in [-0.05, 0) is 93.3 Å². The molecule has 3 unspecified atom stereocenters. The summed E-state index contributed by atoms with van der Waals surface area (Å²) in [7, 11) is 0. The van der Waals surface area contributed by atoms with E-state index in [4.69, 9.17) is 0 Å². The van der Waals surface area contributed by atoms with Crippen LogP contribution in [0.5, 0.6) is 0 Å². The number of hydrogen-bond acceptors (Lipinski definition) is 3. The third kappa shape index (κ3) is 17.5. The monoisotopic (exact) mass is 504 g/mol. The van der Waals surface area contributed by atoms with Crippen LogP contribution in [-0.4, -0.2) is 33.6 Å². The van der Waals surface area contributed by atoms with E-state index >= 15 is 0 Å². The van der Waals surface area contributed by atoms with Crippen LogP contribution in [0, 0.1) is 16.2 Å². The summed E-state index contributed by atoms with van der Waals surface area (Å²) in [5.41, 5.74) is 5.15. The highest BCUT2D eigenvalue weighted by atomic mass is 16.3. The van der Waals surface area contributed by atoms with Crippen molar-refractivity contribution >= 4 is 0 Å². The van der Waals surface area contributed by atoms with Gasteiger partial charge < -0.3 is 15.3 Å². The lowest BCUT2D eigenvalue weighted by atomic mass is 9.86. The van der Waals surface area contributed by atoms with Crippen LogP contribution in [0.3, 0.4) is 0 Å². The normalized spacial score (nSPS) is 29.3. The van der Waals surface area contributed by atoms with Gasteiger partial charge in [0.2, 0.25) is 0 Å². The smallest absolute Gasteiger partial charge is 0.0577 e. The highest BCUT2D eigenvalue weighted by Crippen LogP contribution is 2.30. The van der Waals surface area contributed by atoms with Gasteiger partial charge in [-0.2, -0.15) is 0 Å². The van der Waals surface area contributed by atoms with Crippen LogP contribution in [0.4, 0.5) is 0 Å². The molecule has 3 heteroatoms. The van der Waals surface area contributed by atoms with Gasteiger partial charge in [0.05, 0.1) is 18.3 Å². The third-order valence-electron chi connectivity index (χ3n) is 6.51. The van der Waals surface area contributed by atoms with E-state index in [1.807, 2.05) is 0 Å². The van der Waals surface area contributed by atoms with Crippen molar-refractivity contribution in [3.63, 3.8) is 0 Å². The maximum Gasteiger partial charge on any atom is 0.0577 e. The molecule has 0 bridgehead atoms. The van der Waals surface area contributed by atoms with Crippen molar-refractivity contribution in [1.29, 1.82) is 0 Å². The van der Waals surface area contributed by atoms with Gasteiger partial charge in [-0.25, -0.2) is 0 Å². The first-order valence-electron chi connectivity index (χ1n) is 14.6. The maximum atomic E-state index is 9.44. The molecule has 0 aromatic carbocycles. The Kier molecular flexibility index (Phi) is 13.7. The Hall–Kier alpha value is -0.900. The Bertz CT molecular complexity index is 622. The zero-order valence-electron chi connectivity index (χ0n) is 25.3. The summed E-state index contributed by atoms with van der Waals surface area (Å²) >= 11 is 0. The van der Waals surface area contributed by atoms with Crippen molar-refractivity contribution in [2.24, 2.45) is 16.2 Å².